The molecule has 0 aliphatic heterocycles. The van der Waals surface area contributed by atoms with Crippen molar-refractivity contribution in [1.82, 2.24) is 0 Å². The maximum Gasteiger partial charge on any atom is 0.306 e. The summed E-state index contributed by atoms with van der Waals surface area (Å²) in [6, 6.07) is 0. The Bertz CT molecular complexity index is 1410. The molecule has 0 aliphatic rings. The van der Waals surface area contributed by atoms with E-state index in [0.717, 1.165) is 116 Å². The Morgan fingerprint density at radius 1 is 0.324 bits per heavy atom. The maximum absolute atomic E-state index is 12.8. The number of esters is 3. The van der Waals surface area contributed by atoms with Crippen molar-refractivity contribution in [2.24, 2.45) is 0 Å². The van der Waals surface area contributed by atoms with Crippen molar-refractivity contribution in [3.63, 3.8) is 0 Å². The minimum absolute atomic E-state index is 0.113. The van der Waals surface area contributed by atoms with Gasteiger partial charge in [-0.2, -0.15) is 0 Å². The molecule has 68 heavy (non-hydrogen) atoms. The van der Waals surface area contributed by atoms with Crippen molar-refractivity contribution >= 4 is 17.9 Å². The number of carbonyl (C=O) groups is 3. The van der Waals surface area contributed by atoms with Gasteiger partial charge in [0.2, 0.25) is 0 Å². The van der Waals surface area contributed by atoms with Crippen LogP contribution in [0.2, 0.25) is 0 Å². The summed E-state index contributed by atoms with van der Waals surface area (Å²) in [6.07, 6.45) is 75.1. The fourth-order valence-electron chi connectivity index (χ4n) is 7.37. The monoisotopic (exact) mass is 943 g/mol. The third-order valence-electron chi connectivity index (χ3n) is 11.6. The lowest BCUT2D eigenvalue weighted by Crippen LogP contribution is -2.30. The highest BCUT2D eigenvalue weighted by molar-refractivity contribution is 5.71. The van der Waals surface area contributed by atoms with Gasteiger partial charge in [0.05, 0.1) is 0 Å². The first kappa shape index (κ1) is 64.1. The zero-order chi connectivity index (χ0) is 49.3. The van der Waals surface area contributed by atoms with Gasteiger partial charge in [-0.05, 0) is 103 Å². The molecule has 0 saturated heterocycles. The van der Waals surface area contributed by atoms with Crippen molar-refractivity contribution in [3.8, 4) is 0 Å². The minimum Gasteiger partial charge on any atom is -0.462 e. The predicted molar refractivity (Wildman–Crippen MR) is 293 cm³/mol. The lowest BCUT2D eigenvalue weighted by Gasteiger charge is -2.18. The molecule has 0 aromatic rings. The van der Waals surface area contributed by atoms with Crippen LogP contribution >= 0.6 is 0 Å². The molecule has 0 rings (SSSR count). The van der Waals surface area contributed by atoms with Gasteiger partial charge in [0.15, 0.2) is 6.10 Å². The summed E-state index contributed by atoms with van der Waals surface area (Å²) in [5, 5.41) is 0. The summed E-state index contributed by atoms with van der Waals surface area (Å²) >= 11 is 0. The Morgan fingerprint density at radius 3 is 1.10 bits per heavy atom. The number of hydrogen-bond donors (Lipinski definition) is 0. The summed E-state index contributed by atoms with van der Waals surface area (Å²) in [6.45, 7) is 6.42. The van der Waals surface area contributed by atoms with Crippen LogP contribution in [0.25, 0.3) is 0 Å². The highest BCUT2D eigenvalue weighted by atomic mass is 16.6. The molecular weight excluding hydrogens is 841 g/mol. The normalized spacial score (nSPS) is 12.9. The molecule has 0 spiro atoms. The van der Waals surface area contributed by atoms with Crippen molar-refractivity contribution in [3.05, 3.63) is 109 Å². The van der Waals surface area contributed by atoms with E-state index < -0.39 is 6.10 Å². The molecular formula is C62H102O6. The van der Waals surface area contributed by atoms with Crippen molar-refractivity contribution < 1.29 is 28.6 Å². The van der Waals surface area contributed by atoms with Crippen LogP contribution in [-0.4, -0.2) is 37.2 Å². The zero-order valence-electron chi connectivity index (χ0n) is 44.1. The fourth-order valence-corrected chi connectivity index (χ4v) is 7.37. The Labute approximate surface area is 419 Å². The summed E-state index contributed by atoms with van der Waals surface area (Å²) in [4.78, 5) is 38.1. The van der Waals surface area contributed by atoms with Gasteiger partial charge in [-0.25, -0.2) is 0 Å². The third kappa shape index (κ3) is 53.0. The third-order valence-corrected chi connectivity index (χ3v) is 11.6. The van der Waals surface area contributed by atoms with Gasteiger partial charge in [-0.1, -0.05) is 233 Å². The van der Waals surface area contributed by atoms with Crippen molar-refractivity contribution in [1.29, 1.82) is 0 Å². The minimum atomic E-state index is -0.820. The second kappa shape index (κ2) is 55.7. The predicted octanol–water partition coefficient (Wildman–Crippen LogP) is 18.7. The van der Waals surface area contributed by atoms with Crippen LogP contribution in [0.4, 0.5) is 0 Å². The largest absolute Gasteiger partial charge is 0.462 e. The van der Waals surface area contributed by atoms with Gasteiger partial charge in [0.25, 0.3) is 0 Å². The molecule has 386 valence electrons. The Hall–Kier alpha value is -3.93. The van der Waals surface area contributed by atoms with E-state index in [1.54, 1.807) is 0 Å². The van der Waals surface area contributed by atoms with Gasteiger partial charge in [-0.3, -0.25) is 14.4 Å². The van der Waals surface area contributed by atoms with Crippen LogP contribution in [0.5, 0.6) is 0 Å². The number of rotatable bonds is 49. The van der Waals surface area contributed by atoms with Crippen LogP contribution in [0.15, 0.2) is 109 Å². The van der Waals surface area contributed by atoms with E-state index >= 15 is 0 Å². The van der Waals surface area contributed by atoms with Crippen LogP contribution in [-0.2, 0) is 28.6 Å². The first-order valence-electron chi connectivity index (χ1n) is 27.9. The fraction of sp³-hybridized carbons (Fsp3) is 0.661. The Balaban J connectivity index is 4.51. The van der Waals surface area contributed by atoms with E-state index in [1.807, 2.05) is 6.08 Å². The van der Waals surface area contributed by atoms with E-state index in [0.29, 0.717) is 12.8 Å². The molecule has 0 aromatic carbocycles. The Kier molecular flexibility index (Phi) is 52.4. The van der Waals surface area contributed by atoms with Gasteiger partial charge in [-0.15, -0.1) is 0 Å². The summed E-state index contributed by atoms with van der Waals surface area (Å²) in [7, 11) is 0. The van der Waals surface area contributed by atoms with Gasteiger partial charge in [0, 0.05) is 19.3 Å². The second-order valence-corrected chi connectivity index (χ2v) is 18.2. The van der Waals surface area contributed by atoms with Crippen LogP contribution < -0.4 is 0 Å². The zero-order valence-corrected chi connectivity index (χ0v) is 44.1. The lowest BCUT2D eigenvalue weighted by molar-refractivity contribution is -0.166. The smallest absolute Gasteiger partial charge is 0.306 e. The summed E-state index contributed by atoms with van der Waals surface area (Å²) in [5.41, 5.74) is 0. The molecule has 6 nitrogen and oxygen atoms in total. The molecule has 0 fully saturated rings. The molecule has 0 radical (unpaired) electrons. The molecule has 0 bridgehead atoms. The van der Waals surface area contributed by atoms with Crippen LogP contribution in [0.1, 0.15) is 245 Å². The van der Waals surface area contributed by atoms with Crippen molar-refractivity contribution in [2.45, 2.75) is 252 Å². The standard InChI is InChI=1S/C62H102O6/c1-4-7-10-13-16-19-22-25-27-29-31-33-34-37-40-43-46-49-52-55-61(64)67-58-59(57-66-60(63)54-51-48-45-42-39-36-24-21-18-15-12-9-6-3)68-62(65)56-53-50-47-44-41-38-35-32-30-28-26-23-20-17-14-11-8-5-2/h7,10,16,19,23,25-28,30-33,35-36,39,45,48,59H,4-6,8-9,11-15,17-18,20-22,24,29,34,37-38,40-44,46-47,49-58H2,1-3H3/b10-7-,19-16-,26-23-,27-25-,30-28-,33-31-,35-32-,39-36-,48-45-. The average Bonchev–Trinajstić information content (AvgIpc) is 3.34. The number of hydrogen-bond acceptors (Lipinski definition) is 6. The van der Waals surface area contributed by atoms with E-state index in [4.69, 9.17) is 14.2 Å². The van der Waals surface area contributed by atoms with Gasteiger partial charge < -0.3 is 14.2 Å². The molecule has 0 aromatic heterocycles. The molecule has 6 heteroatoms. The first-order valence-corrected chi connectivity index (χ1v) is 27.9. The van der Waals surface area contributed by atoms with Gasteiger partial charge >= 0.3 is 17.9 Å². The summed E-state index contributed by atoms with van der Waals surface area (Å²) in [5.74, 6) is -1.02. The van der Waals surface area contributed by atoms with Gasteiger partial charge in [0.1, 0.15) is 13.2 Å². The molecule has 1 atom stereocenters. The molecule has 1 unspecified atom stereocenters. The number of allylic oxidation sites excluding steroid dienone is 18. The number of unbranched alkanes of at least 4 members (excludes halogenated alkanes) is 22. The molecule has 0 aliphatic carbocycles. The molecule has 0 N–H and O–H groups in total. The maximum atomic E-state index is 12.8. The topological polar surface area (TPSA) is 78.9 Å². The van der Waals surface area contributed by atoms with Crippen LogP contribution in [0.3, 0.4) is 0 Å². The van der Waals surface area contributed by atoms with E-state index in [9.17, 15) is 14.4 Å². The second-order valence-electron chi connectivity index (χ2n) is 18.2. The lowest BCUT2D eigenvalue weighted by atomic mass is 10.1. The first-order chi connectivity index (χ1) is 33.5. The average molecular weight is 943 g/mol. The Morgan fingerprint density at radius 2 is 0.662 bits per heavy atom. The number of ether oxygens (including phenoxy) is 3. The highest BCUT2D eigenvalue weighted by Gasteiger charge is 2.19. The molecule has 0 amide bonds. The van der Waals surface area contributed by atoms with E-state index in [-0.39, 0.29) is 44.0 Å². The van der Waals surface area contributed by atoms with Crippen molar-refractivity contribution in [2.75, 3.05) is 13.2 Å². The number of carbonyl (C=O) groups excluding carboxylic acids is 3. The van der Waals surface area contributed by atoms with Crippen LogP contribution in [0, 0.1) is 0 Å². The quantitative estimate of drug-likeness (QED) is 0.0199. The summed E-state index contributed by atoms with van der Waals surface area (Å²) < 4.78 is 16.8. The van der Waals surface area contributed by atoms with E-state index in [2.05, 4.69) is 124 Å². The highest BCUT2D eigenvalue weighted by Crippen LogP contribution is 2.13. The van der Waals surface area contributed by atoms with E-state index in [1.165, 1.54) is 83.5 Å². The SMILES string of the molecule is CC/C=C\C/C=C\C/C=C\C/C=C\CCCCCCCCC(=O)OCC(COC(=O)CC/C=C\C/C=C\CCCCCCCC)OC(=O)CCCCCCC\C=C/C=C\C=C/CCCCCCC. The molecule has 0 heterocycles. The molecule has 0 saturated carbocycles.